The van der Waals surface area contributed by atoms with E-state index in [0.29, 0.717) is 11.8 Å². The summed E-state index contributed by atoms with van der Waals surface area (Å²) in [5.74, 6) is 2.78. The Morgan fingerprint density at radius 1 is 0.969 bits per heavy atom. The molecule has 32 heavy (non-hydrogen) atoms. The number of rotatable bonds is 6. The monoisotopic (exact) mass is 442 g/mol. The number of anilines is 2. The van der Waals surface area contributed by atoms with Crippen molar-refractivity contribution in [2.45, 2.75) is 20.3 Å². The predicted octanol–water partition coefficient (Wildman–Crippen LogP) is 5.21. The molecule has 8 heteroatoms. The summed E-state index contributed by atoms with van der Waals surface area (Å²) in [5.41, 5.74) is 5.21. The van der Waals surface area contributed by atoms with Crippen molar-refractivity contribution in [2.75, 3.05) is 12.4 Å². The molecule has 3 heterocycles. The van der Waals surface area contributed by atoms with E-state index in [1.54, 1.807) is 18.4 Å². The highest BCUT2D eigenvalue weighted by Gasteiger charge is 2.16. The van der Waals surface area contributed by atoms with Gasteiger partial charge in [-0.3, -0.25) is 0 Å². The first-order chi connectivity index (χ1) is 15.6. The maximum absolute atomic E-state index is 5.26. The number of aryl methyl sites for hydroxylation is 2. The predicted molar refractivity (Wildman–Crippen MR) is 127 cm³/mol. The van der Waals surface area contributed by atoms with Crippen LogP contribution in [-0.4, -0.2) is 31.7 Å². The van der Waals surface area contributed by atoms with Crippen LogP contribution in [0.5, 0.6) is 5.75 Å². The first kappa shape index (κ1) is 20.1. The molecule has 0 aliphatic rings. The lowest BCUT2D eigenvalue weighted by atomic mass is 10.0. The summed E-state index contributed by atoms with van der Waals surface area (Å²) < 4.78 is 7.12. The molecule has 0 unspecified atom stereocenters. The van der Waals surface area contributed by atoms with Gasteiger partial charge in [0.1, 0.15) is 17.4 Å². The Labute approximate surface area is 189 Å². The van der Waals surface area contributed by atoms with Gasteiger partial charge >= 0.3 is 0 Å². The van der Waals surface area contributed by atoms with Gasteiger partial charge in [0.25, 0.3) is 0 Å². The van der Waals surface area contributed by atoms with Gasteiger partial charge in [0.15, 0.2) is 0 Å². The van der Waals surface area contributed by atoms with E-state index in [2.05, 4.69) is 37.8 Å². The molecule has 5 rings (SSSR count). The number of methoxy groups -OCH3 is 1. The van der Waals surface area contributed by atoms with Crippen LogP contribution < -0.4 is 10.1 Å². The second-order valence-electron chi connectivity index (χ2n) is 7.45. The van der Waals surface area contributed by atoms with Crippen LogP contribution in [0.15, 0.2) is 60.0 Å². The molecule has 0 aliphatic heterocycles. The molecule has 3 aromatic heterocycles. The van der Waals surface area contributed by atoms with Crippen LogP contribution in [-0.2, 0) is 6.42 Å². The van der Waals surface area contributed by atoms with Gasteiger partial charge in [-0.2, -0.15) is 4.98 Å². The molecule has 1 N–H and O–H groups in total. The van der Waals surface area contributed by atoms with Crippen molar-refractivity contribution in [1.82, 2.24) is 24.6 Å². The summed E-state index contributed by atoms with van der Waals surface area (Å²) in [6.45, 7) is 3.91. The average molecular weight is 443 g/mol. The third-order valence-corrected chi connectivity index (χ3v) is 6.06. The summed E-state index contributed by atoms with van der Waals surface area (Å²) in [7, 11) is 1.66. The van der Waals surface area contributed by atoms with E-state index < -0.39 is 0 Å². The Kier molecular flexibility index (Phi) is 5.28. The van der Waals surface area contributed by atoms with Crippen LogP contribution in [0.1, 0.15) is 22.6 Å². The zero-order valence-corrected chi connectivity index (χ0v) is 18.8. The van der Waals surface area contributed by atoms with Crippen LogP contribution >= 0.6 is 11.3 Å². The lowest BCUT2D eigenvalue weighted by Crippen LogP contribution is -2.07. The Balaban J connectivity index is 1.49. The van der Waals surface area contributed by atoms with Gasteiger partial charge in [0.05, 0.1) is 12.8 Å². The number of nitrogens with zero attached hydrogens (tertiary/aromatic N) is 5. The second-order valence-corrected chi connectivity index (χ2v) is 8.29. The summed E-state index contributed by atoms with van der Waals surface area (Å²) in [6.07, 6.45) is 0.731. The minimum absolute atomic E-state index is 0.512. The SMILES string of the molecule is COc1ccc(-c2csc3nc(Nc4nc(C)nc(C)c4Cc4ccccc4)nn23)cc1. The molecule has 0 saturated heterocycles. The van der Waals surface area contributed by atoms with Crippen LogP contribution in [0.4, 0.5) is 11.8 Å². The van der Waals surface area contributed by atoms with Gasteiger partial charge in [0.2, 0.25) is 10.9 Å². The Morgan fingerprint density at radius 2 is 1.75 bits per heavy atom. The second kappa shape index (κ2) is 8.39. The van der Waals surface area contributed by atoms with Gasteiger partial charge < -0.3 is 10.1 Å². The van der Waals surface area contributed by atoms with E-state index in [-0.39, 0.29) is 0 Å². The largest absolute Gasteiger partial charge is 0.497 e. The first-order valence-corrected chi connectivity index (χ1v) is 11.1. The molecule has 160 valence electrons. The Morgan fingerprint density at radius 3 is 2.50 bits per heavy atom. The van der Waals surface area contributed by atoms with E-state index in [9.17, 15) is 0 Å². The lowest BCUT2D eigenvalue weighted by molar-refractivity contribution is 0.415. The molecule has 0 atom stereocenters. The van der Waals surface area contributed by atoms with Crippen molar-refractivity contribution in [3.63, 3.8) is 0 Å². The maximum Gasteiger partial charge on any atom is 0.249 e. The lowest BCUT2D eigenvalue weighted by Gasteiger charge is -2.12. The Hall–Kier alpha value is -3.78. The smallest absolute Gasteiger partial charge is 0.249 e. The van der Waals surface area contributed by atoms with E-state index >= 15 is 0 Å². The highest BCUT2D eigenvalue weighted by Crippen LogP contribution is 2.29. The van der Waals surface area contributed by atoms with Crippen molar-refractivity contribution in [2.24, 2.45) is 0 Å². The Bertz CT molecular complexity index is 1380. The minimum atomic E-state index is 0.512. The number of hydrogen-bond donors (Lipinski definition) is 1. The normalized spacial score (nSPS) is 11.1. The number of ether oxygens (including phenoxy) is 1. The van der Waals surface area contributed by atoms with Gasteiger partial charge in [-0.05, 0) is 43.7 Å². The number of aromatic nitrogens is 5. The van der Waals surface area contributed by atoms with Crippen LogP contribution in [0.25, 0.3) is 16.2 Å². The quantitative estimate of drug-likeness (QED) is 0.389. The standard InChI is InChI=1S/C24H22N6OS/c1-15-20(13-17-7-5-4-6-8-17)22(26-16(2)25-15)27-23-28-24-30(29-23)21(14-32-24)18-9-11-19(31-3)12-10-18/h4-12,14H,13H2,1-3H3,(H,25,26,27,29). The summed E-state index contributed by atoms with van der Waals surface area (Å²) in [5, 5.41) is 10.1. The molecule has 0 bridgehead atoms. The molecule has 5 aromatic rings. The maximum atomic E-state index is 5.26. The molecule has 0 saturated carbocycles. The van der Waals surface area contributed by atoms with Crippen molar-refractivity contribution < 1.29 is 4.74 Å². The van der Waals surface area contributed by atoms with Crippen molar-refractivity contribution in [3.8, 4) is 17.0 Å². The molecule has 0 spiro atoms. The topological polar surface area (TPSA) is 77.2 Å². The van der Waals surface area contributed by atoms with E-state index in [0.717, 1.165) is 45.5 Å². The number of thiazole rings is 1. The highest BCUT2D eigenvalue weighted by molar-refractivity contribution is 7.15. The van der Waals surface area contributed by atoms with Crippen molar-refractivity contribution in [1.29, 1.82) is 0 Å². The van der Waals surface area contributed by atoms with Gasteiger partial charge in [-0.25, -0.2) is 14.5 Å². The van der Waals surface area contributed by atoms with Crippen LogP contribution in [0.3, 0.4) is 0 Å². The molecular weight excluding hydrogens is 420 g/mol. The molecule has 0 aliphatic carbocycles. The van der Waals surface area contributed by atoms with E-state index in [1.165, 1.54) is 5.56 Å². The van der Waals surface area contributed by atoms with Crippen molar-refractivity contribution >= 4 is 28.1 Å². The van der Waals surface area contributed by atoms with Gasteiger partial charge in [-0.1, -0.05) is 30.3 Å². The van der Waals surface area contributed by atoms with Gasteiger partial charge in [0, 0.05) is 28.6 Å². The zero-order chi connectivity index (χ0) is 22.1. The first-order valence-electron chi connectivity index (χ1n) is 10.2. The molecule has 0 amide bonds. The highest BCUT2D eigenvalue weighted by atomic mass is 32.1. The van der Waals surface area contributed by atoms with E-state index in [1.807, 2.05) is 60.8 Å². The third kappa shape index (κ3) is 3.92. The summed E-state index contributed by atoms with van der Waals surface area (Å²) in [6, 6.07) is 18.2. The average Bonchev–Trinajstić information content (AvgIpc) is 3.37. The minimum Gasteiger partial charge on any atom is -0.497 e. The molecule has 7 nitrogen and oxygen atoms in total. The van der Waals surface area contributed by atoms with E-state index in [4.69, 9.17) is 9.84 Å². The fraction of sp³-hybridized carbons (Fsp3) is 0.167. The van der Waals surface area contributed by atoms with Crippen LogP contribution in [0.2, 0.25) is 0 Å². The zero-order valence-electron chi connectivity index (χ0n) is 18.0. The van der Waals surface area contributed by atoms with Gasteiger partial charge in [-0.15, -0.1) is 16.4 Å². The molecular formula is C24H22N6OS. The number of hydrogen-bond acceptors (Lipinski definition) is 7. The third-order valence-electron chi connectivity index (χ3n) is 5.25. The van der Waals surface area contributed by atoms with Crippen LogP contribution in [0, 0.1) is 13.8 Å². The summed E-state index contributed by atoms with van der Waals surface area (Å²) in [4.78, 5) is 14.7. The molecule has 0 fully saturated rings. The number of nitrogens with one attached hydrogen (secondary N) is 1. The summed E-state index contributed by atoms with van der Waals surface area (Å²) >= 11 is 1.55. The fourth-order valence-electron chi connectivity index (χ4n) is 3.65. The molecule has 0 radical (unpaired) electrons. The van der Waals surface area contributed by atoms with Crippen molar-refractivity contribution in [3.05, 3.63) is 82.6 Å². The fourth-order valence-corrected chi connectivity index (χ4v) is 4.48. The molecule has 2 aromatic carbocycles. The number of benzene rings is 2. The number of fused-ring (bicyclic) bond motifs is 1.